The number of unbranched alkanes of at least 4 members (excludes halogenated alkanes) is 14. The molecule has 2 nitrogen and oxygen atoms in total. The van der Waals surface area contributed by atoms with Crippen LogP contribution in [0.15, 0.2) is 70.7 Å². The van der Waals surface area contributed by atoms with E-state index >= 15 is 0 Å². The second-order valence-corrected chi connectivity index (χ2v) is 27.4. The fourth-order valence-electron chi connectivity index (χ4n) is 6.27. The van der Waals surface area contributed by atoms with E-state index in [1.807, 2.05) is 0 Å². The van der Waals surface area contributed by atoms with E-state index in [0.29, 0.717) is 0 Å². The van der Waals surface area contributed by atoms with Gasteiger partial charge in [0.1, 0.15) is 0 Å². The normalized spacial score (nSPS) is 13.2. The van der Waals surface area contributed by atoms with Crippen molar-refractivity contribution in [2.75, 3.05) is 0 Å². The molecule has 0 saturated heterocycles. The Morgan fingerprint density at radius 2 is 1.00 bits per heavy atom. The van der Waals surface area contributed by atoms with Crippen molar-refractivity contribution in [3.05, 3.63) is 71.8 Å². The van der Waals surface area contributed by atoms with Gasteiger partial charge in [0, 0.05) is 16.1 Å². The number of rotatable bonds is 25. The number of benzene rings is 2. The molecular formula is C43H72N2Si2. The lowest BCUT2D eigenvalue weighted by Crippen LogP contribution is -2.23. The minimum Gasteiger partial charge on any atom is -0.251 e. The van der Waals surface area contributed by atoms with Gasteiger partial charge in [-0.1, -0.05) is 167 Å². The smallest absolute Gasteiger partial charge is 0.0848 e. The van der Waals surface area contributed by atoms with Crippen molar-refractivity contribution in [3.63, 3.8) is 0 Å². The van der Waals surface area contributed by atoms with E-state index in [1.54, 1.807) is 0 Å². The summed E-state index contributed by atoms with van der Waals surface area (Å²) in [6.07, 6.45) is 27.0. The van der Waals surface area contributed by atoms with Crippen LogP contribution in [0.25, 0.3) is 0 Å². The third-order valence-electron chi connectivity index (χ3n) is 8.62. The summed E-state index contributed by atoms with van der Waals surface area (Å²) in [5.41, 5.74) is 7.13. The summed E-state index contributed by atoms with van der Waals surface area (Å²) in [5.74, 6) is 0. The maximum atomic E-state index is 5.34. The molecular weight excluding hydrogens is 601 g/mol. The van der Waals surface area contributed by atoms with Crippen molar-refractivity contribution in [1.29, 1.82) is 0 Å². The number of hydrogen-bond donors (Lipinski definition) is 0. The molecule has 47 heavy (non-hydrogen) atoms. The van der Waals surface area contributed by atoms with Crippen LogP contribution in [0.4, 0.5) is 11.4 Å². The predicted octanol–water partition coefficient (Wildman–Crippen LogP) is 14.6. The van der Waals surface area contributed by atoms with E-state index in [2.05, 4.69) is 114 Å². The lowest BCUT2D eigenvalue weighted by Gasteiger charge is -2.16. The summed E-state index contributed by atoms with van der Waals surface area (Å²) in [6, 6.07) is 20.3. The molecule has 0 fully saturated rings. The van der Waals surface area contributed by atoms with Gasteiger partial charge in [0.05, 0.1) is 22.8 Å². The van der Waals surface area contributed by atoms with Gasteiger partial charge in [-0.2, -0.15) is 0 Å². The van der Waals surface area contributed by atoms with Crippen LogP contribution in [0, 0.1) is 0 Å². The lowest BCUT2D eigenvalue weighted by atomic mass is 10.0. The molecule has 0 bridgehead atoms. The molecule has 0 unspecified atom stereocenters. The van der Waals surface area contributed by atoms with Crippen molar-refractivity contribution < 1.29 is 0 Å². The molecule has 0 aliphatic rings. The molecule has 0 spiro atoms. The fourth-order valence-corrected chi connectivity index (χ4v) is 9.16. The van der Waals surface area contributed by atoms with Gasteiger partial charge < -0.3 is 0 Å². The maximum absolute atomic E-state index is 5.34. The van der Waals surface area contributed by atoms with Crippen LogP contribution >= 0.6 is 0 Å². The van der Waals surface area contributed by atoms with Crippen molar-refractivity contribution in [2.45, 2.75) is 174 Å². The Morgan fingerprint density at radius 1 is 0.553 bits per heavy atom. The summed E-state index contributed by atoms with van der Waals surface area (Å²) in [7, 11) is -2.42. The predicted molar refractivity (Wildman–Crippen MR) is 220 cm³/mol. The van der Waals surface area contributed by atoms with Crippen molar-refractivity contribution in [3.8, 4) is 0 Å². The van der Waals surface area contributed by atoms with E-state index in [0.717, 1.165) is 42.1 Å². The molecule has 0 saturated carbocycles. The third kappa shape index (κ3) is 20.8. The highest BCUT2D eigenvalue weighted by molar-refractivity contribution is 6.75. The van der Waals surface area contributed by atoms with Crippen LogP contribution in [0.5, 0.6) is 0 Å². The number of aliphatic imine (C=N–C) groups is 2. The van der Waals surface area contributed by atoms with Crippen molar-refractivity contribution >= 4 is 38.9 Å². The first-order valence-electron chi connectivity index (χ1n) is 19.5. The van der Waals surface area contributed by atoms with Crippen LogP contribution in [-0.4, -0.2) is 27.6 Å². The molecule has 0 atom stereocenters. The number of allylic oxidation sites excluding steroid dienone is 2. The van der Waals surface area contributed by atoms with Crippen LogP contribution < -0.4 is 0 Å². The van der Waals surface area contributed by atoms with Crippen LogP contribution in [0.1, 0.15) is 134 Å². The molecule has 0 heterocycles. The fraction of sp³-hybridized carbons (Fsp3) is 0.628. The van der Waals surface area contributed by atoms with Crippen LogP contribution in [0.3, 0.4) is 0 Å². The van der Waals surface area contributed by atoms with Gasteiger partial charge in [0.15, 0.2) is 0 Å². The molecule has 0 amide bonds. The molecule has 262 valence electrons. The van der Waals surface area contributed by atoms with E-state index < -0.39 is 16.1 Å². The van der Waals surface area contributed by atoms with Gasteiger partial charge in [-0.3, -0.25) is 4.99 Å². The summed E-state index contributed by atoms with van der Waals surface area (Å²) in [6.45, 7) is 19.3. The zero-order valence-electron chi connectivity index (χ0n) is 32.1. The average molecular weight is 673 g/mol. The van der Waals surface area contributed by atoms with Gasteiger partial charge in [0.2, 0.25) is 0 Å². The first-order valence-corrected chi connectivity index (χ1v) is 26.9. The topological polar surface area (TPSA) is 24.7 Å². The lowest BCUT2D eigenvalue weighted by molar-refractivity contribution is 0.545. The van der Waals surface area contributed by atoms with Crippen LogP contribution in [-0.2, 0) is 12.1 Å². The van der Waals surface area contributed by atoms with Gasteiger partial charge in [-0.15, -0.1) is 0 Å². The molecule has 2 aromatic carbocycles. The number of hydrogen-bond acceptors (Lipinski definition) is 2. The molecule has 0 N–H and O–H groups in total. The highest BCUT2D eigenvalue weighted by Gasteiger charge is 2.16. The van der Waals surface area contributed by atoms with Crippen molar-refractivity contribution in [1.82, 2.24) is 0 Å². The van der Waals surface area contributed by atoms with E-state index in [1.165, 1.54) is 113 Å². The summed E-state index contributed by atoms with van der Waals surface area (Å²) in [4.78, 5) is 10.7. The highest BCUT2D eigenvalue weighted by atomic mass is 28.3. The monoisotopic (exact) mass is 673 g/mol. The Kier molecular flexibility index (Phi) is 20.4. The average Bonchev–Trinajstić information content (AvgIpc) is 2.99. The summed E-state index contributed by atoms with van der Waals surface area (Å²) in [5, 5.41) is 0. The maximum Gasteiger partial charge on any atom is 0.0848 e. The standard InChI is InChI=1S/C43H72N2Si2/c1-9-11-13-14-15-16-17-18-19-20-21-22-23-25-33-43(45-41-31-27-29-39(35-41)37-47(6,7)8)42(32-24-12-10-2)44-40-30-26-28-38(34-40)36-46(3,4)5/h25-31,33-35H,9-24,32,36-37H2,1-8H3/b33-25+,44-42?,45-43?. The second-order valence-electron chi connectivity index (χ2n) is 16.4. The van der Waals surface area contributed by atoms with E-state index in [9.17, 15) is 0 Å². The second kappa shape index (κ2) is 23.3. The largest absolute Gasteiger partial charge is 0.251 e. The third-order valence-corrected chi connectivity index (χ3v) is 11.6. The molecule has 0 aliphatic carbocycles. The summed E-state index contributed by atoms with van der Waals surface area (Å²) >= 11 is 0. The minimum atomic E-state index is -1.22. The molecule has 2 rings (SSSR count). The molecule has 0 aliphatic heterocycles. The first kappa shape index (κ1) is 41.1. The van der Waals surface area contributed by atoms with E-state index in [-0.39, 0.29) is 0 Å². The van der Waals surface area contributed by atoms with E-state index in [4.69, 9.17) is 9.98 Å². The summed E-state index contributed by atoms with van der Waals surface area (Å²) < 4.78 is 0. The number of nitrogens with zero attached hydrogens (tertiary/aromatic N) is 2. The molecule has 0 radical (unpaired) electrons. The molecule has 2 aromatic rings. The zero-order valence-corrected chi connectivity index (χ0v) is 34.1. The Bertz CT molecular complexity index is 1210. The molecule has 4 heteroatoms. The van der Waals surface area contributed by atoms with Gasteiger partial charge in [0.25, 0.3) is 0 Å². The Morgan fingerprint density at radius 3 is 1.49 bits per heavy atom. The van der Waals surface area contributed by atoms with Gasteiger partial charge >= 0.3 is 0 Å². The first-order chi connectivity index (χ1) is 22.5. The SMILES string of the molecule is CCCCCCCCCCCCCC/C=C/C(=Nc1cccc(C[Si](C)(C)C)c1)C(CCCCC)=Nc1cccc(C[Si](C)(C)C)c1. The Labute approximate surface area is 294 Å². The Hall–Kier alpha value is -2.05. The quantitative estimate of drug-likeness (QED) is 0.0570. The zero-order chi connectivity index (χ0) is 34.4. The Balaban J connectivity index is 2.19. The highest BCUT2D eigenvalue weighted by Crippen LogP contribution is 2.23. The van der Waals surface area contributed by atoms with Crippen molar-refractivity contribution in [2.24, 2.45) is 9.98 Å². The van der Waals surface area contributed by atoms with Gasteiger partial charge in [-0.25, -0.2) is 4.99 Å². The minimum absolute atomic E-state index is 0.961. The van der Waals surface area contributed by atoms with Crippen LogP contribution in [0.2, 0.25) is 39.3 Å². The molecule has 0 aromatic heterocycles. The van der Waals surface area contributed by atoms with Gasteiger partial charge in [-0.05, 0) is 79.2 Å².